The lowest BCUT2D eigenvalue weighted by Gasteiger charge is -2.46. The van der Waals surface area contributed by atoms with E-state index in [1.165, 1.54) is 4.90 Å². The summed E-state index contributed by atoms with van der Waals surface area (Å²) in [5.74, 6) is 1.44. The predicted molar refractivity (Wildman–Crippen MR) is 118 cm³/mol. The van der Waals surface area contributed by atoms with Gasteiger partial charge in [0.05, 0.1) is 38.9 Å². The average molecular weight is 441 g/mol. The number of rotatable bonds is 7. The topological polar surface area (TPSA) is 93.7 Å². The highest BCUT2D eigenvalue weighted by molar-refractivity contribution is 5.79. The molecule has 4 atom stereocenters. The van der Waals surface area contributed by atoms with Crippen LogP contribution in [-0.2, 0) is 23.5 Å². The van der Waals surface area contributed by atoms with E-state index >= 15 is 0 Å². The molecule has 6 rings (SSSR count). The van der Waals surface area contributed by atoms with Crippen LogP contribution >= 0.6 is 0 Å². The van der Waals surface area contributed by atoms with E-state index in [0.29, 0.717) is 18.5 Å². The van der Waals surface area contributed by atoms with E-state index in [1.54, 1.807) is 7.11 Å². The number of amides is 1. The van der Waals surface area contributed by atoms with Crippen molar-refractivity contribution in [2.45, 2.75) is 63.3 Å². The first-order valence-corrected chi connectivity index (χ1v) is 11.9. The fraction of sp³-hybridized carbons (Fsp3) is 0.625. The Morgan fingerprint density at radius 2 is 2.16 bits per heavy atom. The van der Waals surface area contributed by atoms with E-state index in [1.807, 2.05) is 35.1 Å². The molecule has 0 radical (unpaired) electrons. The highest BCUT2D eigenvalue weighted by Gasteiger charge is 2.46. The van der Waals surface area contributed by atoms with Crippen molar-refractivity contribution in [1.29, 1.82) is 0 Å². The van der Waals surface area contributed by atoms with Crippen molar-refractivity contribution in [1.82, 2.24) is 20.3 Å². The summed E-state index contributed by atoms with van der Waals surface area (Å²) in [4.78, 5) is 14.5. The van der Waals surface area contributed by atoms with Crippen LogP contribution in [0.1, 0.15) is 49.8 Å². The summed E-state index contributed by atoms with van der Waals surface area (Å²) in [5.41, 5.74) is 0.928. The van der Waals surface area contributed by atoms with Crippen LogP contribution in [0.15, 0.2) is 30.5 Å². The maximum atomic E-state index is 13.0. The minimum absolute atomic E-state index is 0.0650. The van der Waals surface area contributed by atoms with E-state index < -0.39 is 5.60 Å². The van der Waals surface area contributed by atoms with Crippen LogP contribution in [0.4, 0.5) is 0 Å². The Hall–Kier alpha value is -2.45. The Balaban J connectivity index is 1.18. The lowest BCUT2D eigenvalue weighted by atomic mass is 9.75. The monoisotopic (exact) mass is 440 g/mol. The highest BCUT2D eigenvalue weighted by atomic mass is 16.5. The molecule has 1 aliphatic carbocycles. The molecule has 3 N–H and O–H groups in total. The second-order valence-corrected chi connectivity index (χ2v) is 9.79. The molecule has 1 amide bonds. The number of carbonyl (C=O) groups is 1. The molecule has 0 spiro atoms. The van der Waals surface area contributed by atoms with Gasteiger partial charge in [0.15, 0.2) is 0 Å². The number of carbonyl (C=O) groups excluding carboxylic acids is 1. The largest absolute Gasteiger partial charge is 0.496 e. The molecule has 2 bridgehead atoms. The smallest absolute Gasteiger partial charge is 0.229 e. The van der Waals surface area contributed by atoms with Crippen LogP contribution in [0.2, 0.25) is 0 Å². The number of ether oxygens (including phenoxy) is 1. The summed E-state index contributed by atoms with van der Waals surface area (Å²) in [7, 11) is 1.66. The van der Waals surface area contributed by atoms with Gasteiger partial charge in [0.25, 0.3) is 0 Å². The summed E-state index contributed by atoms with van der Waals surface area (Å²) >= 11 is 0. The number of hydrogen-bond donors (Lipinski definition) is 3. The third-order valence-electron chi connectivity index (χ3n) is 7.89. The molecule has 8 heteroatoms. The summed E-state index contributed by atoms with van der Waals surface area (Å²) < 4.78 is 7.30. The quantitative estimate of drug-likeness (QED) is 0.588. The normalized spacial score (nSPS) is 28.6. The van der Waals surface area contributed by atoms with Gasteiger partial charge in [-0.2, -0.15) is 0 Å². The van der Waals surface area contributed by atoms with Crippen LogP contribution in [0.3, 0.4) is 0 Å². The summed E-state index contributed by atoms with van der Waals surface area (Å²) in [5, 5.41) is 22.5. The molecular weight excluding hydrogens is 406 g/mol. The van der Waals surface area contributed by atoms with Gasteiger partial charge in [-0.05, 0) is 24.8 Å². The third-order valence-corrected chi connectivity index (χ3v) is 7.89. The van der Waals surface area contributed by atoms with Crippen LogP contribution in [0.5, 0.6) is 5.75 Å². The van der Waals surface area contributed by atoms with E-state index in [-0.39, 0.29) is 11.8 Å². The Kier molecular flexibility index (Phi) is 5.90. The van der Waals surface area contributed by atoms with Crippen molar-refractivity contribution in [3.8, 4) is 5.75 Å². The minimum atomic E-state index is -0.790. The maximum absolute atomic E-state index is 13.0. The van der Waals surface area contributed by atoms with Gasteiger partial charge in [-0.3, -0.25) is 4.79 Å². The summed E-state index contributed by atoms with van der Waals surface area (Å²) in [6.07, 6.45) is 7.71. The number of fused-ring (bicyclic) bond motifs is 3. The van der Waals surface area contributed by atoms with Gasteiger partial charge in [-0.15, -0.1) is 5.10 Å². The first-order chi connectivity index (χ1) is 15.6. The van der Waals surface area contributed by atoms with Gasteiger partial charge in [-0.25, -0.2) is 4.68 Å². The number of aliphatic hydroxyl groups is 1. The number of quaternary nitrogens is 1. The van der Waals surface area contributed by atoms with Crippen LogP contribution < -0.4 is 15.0 Å². The molecule has 172 valence electrons. The molecule has 1 saturated carbocycles. The van der Waals surface area contributed by atoms with Gasteiger partial charge in [-0.1, -0.05) is 36.3 Å². The molecule has 8 nitrogen and oxygen atoms in total. The van der Waals surface area contributed by atoms with Crippen molar-refractivity contribution in [3.05, 3.63) is 41.7 Å². The summed E-state index contributed by atoms with van der Waals surface area (Å²) in [6.45, 7) is 3.27. The number of para-hydroxylation sites is 1. The first kappa shape index (κ1) is 21.4. The van der Waals surface area contributed by atoms with Crippen molar-refractivity contribution >= 4 is 5.91 Å². The Morgan fingerprint density at radius 3 is 2.91 bits per heavy atom. The zero-order chi connectivity index (χ0) is 22.1. The SMILES string of the molecule is COc1ccccc1CNC(=O)[C@H]1C[NH+]2CC[C@H]1C[C@@H]2Cn1cc(C2(O)CCCC2)nn1. The second kappa shape index (κ2) is 8.83. The van der Waals surface area contributed by atoms with Crippen LogP contribution in [0.25, 0.3) is 0 Å². The molecule has 4 fully saturated rings. The molecule has 3 aliphatic heterocycles. The van der Waals surface area contributed by atoms with Crippen LogP contribution in [0, 0.1) is 11.8 Å². The molecule has 32 heavy (non-hydrogen) atoms. The van der Waals surface area contributed by atoms with E-state index in [9.17, 15) is 9.90 Å². The van der Waals surface area contributed by atoms with Crippen molar-refractivity contribution in [2.75, 3.05) is 20.2 Å². The first-order valence-electron chi connectivity index (χ1n) is 11.9. The molecule has 4 heterocycles. The van der Waals surface area contributed by atoms with E-state index in [0.717, 1.165) is 75.2 Å². The maximum Gasteiger partial charge on any atom is 0.229 e. The fourth-order valence-electron chi connectivity index (χ4n) is 6.02. The molecule has 1 aromatic carbocycles. The second-order valence-electron chi connectivity index (χ2n) is 9.79. The molecule has 1 unspecified atom stereocenters. The van der Waals surface area contributed by atoms with E-state index in [2.05, 4.69) is 15.6 Å². The third kappa shape index (κ3) is 4.13. The Bertz CT molecular complexity index is 955. The Labute approximate surface area is 188 Å². The molecule has 1 aromatic heterocycles. The van der Waals surface area contributed by atoms with Crippen molar-refractivity contribution in [3.63, 3.8) is 0 Å². The molecular formula is C24H34N5O3+. The molecule has 3 saturated heterocycles. The van der Waals surface area contributed by atoms with Gasteiger partial charge in [0.1, 0.15) is 23.1 Å². The number of aromatic nitrogens is 3. The van der Waals surface area contributed by atoms with Crippen molar-refractivity contribution < 1.29 is 19.5 Å². The highest BCUT2D eigenvalue weighted by Crippen LogP contribution is 2.37. The van der Waals surface area contributed by atoms with Gasteiger partial charge in [0, 0.05) is 24.9 Å². The lowest BCUT2D eigenvalue weighted by molar-refractivity contribution is -0.945. The molecule has 4 aliphatic rings. The van der Waals surface area contributed by atoms with Gasteiger partial charge in [0.2, 0.25) is 5.91 Å². The van der Waals surface area contributed by atoms with Crippen LogP contribution in [-0.4, -0.2) is 52.2 Å². The van der Waals surface area contributed by atoms with Crippen molar-refractivity contribution in [2.24, 2.45) is 11.8 Å². The van der Waals surface area contributed by atoms with Gasteiger partial charge >= 0.3 is 0 Å². The van der Waals surface area contributed by atoms with Gasteiger partial charge < -0.3 is 20.1 Å². The zero-order valence-electron chi connectivity index (χ0n) is 18.8. The Morgan fingerprint density at radius 1 is 1.34 bits per heavy atom. The minimum Gasteiger partial charge on any atom is -0.496 e. The number of piperidine rings is 3. The average Bonchev–Trinajstić information content (AvgIpc) is 3.48. The van der Waals surface area contributed by atoms with E-state index in [4.69, 9.17) is 4.74 Å². The predicted octanol–water partition coefficient (Wildman–Crippen LogP) is 0.658. The number of benzene rings is 1. The number of hydrogen-bond acceptors (Lipinski definition) is 5. The standard InChI is InChI=1S/C24H33N5O3/c1-32-21-7-3-2-6-18(21)13-25-23(30)20-15-28-11-8-17(20)12-19(28)14-29-16-22(26-27-29)24(31)9-4-5-10-24/h2-3,6-7,16-17,19-20,31H,4-5,8-15H2,1H3,(H,25,30)/p+1/t17-,19+,20-/m0/s1. The summed E-state index contributed by atoms with van der Waals surface area (Å²) in [6, 6.07) is 8.26. The molecule has 2 aromatic rings. The number of nitrogens with zero attached hydrogens (tertiary/aromatic N) is 3. The zero-order valence-corrected chi connectivity index (χ0v) is 18.8. The number of nitrogens with one attached hydrogen (secondary N) is 2. The lowest BCUT2D eigenvalue weighted by Crippen LogP contribution is -3.20. The number of methoxy groups -OCH3 is 1. The fourth-order valence-corrected chi connectivity index (χ4v) is 6.02.